The fourth-order valence-electron chi connectivity index (χ4n) is 0.885. The number of nitrogens with one attached hydrogen (secondary N) is 1. The van der Waals surface area contributed by atoms with E-state index in [1.807, 2.05) is 0 Å². The van der Waals surface area contributed by atoms with Gasteiger partial charge >= 0.3 is 0 Å². The summed E-state index contributed by atoms with van der Waals surface area (Å²) in [5.41, 5.74) is 0. The largest absolute Gasteiger partial charge is 0.317 e. The molecule has 1 N–H and O–H groups in total. The molecule has 0 aromatic rings. The summed E-state index contributed by atoms with van der Waals surface area (Å²) >= 11 is 0. The predicted molar refractivity (Wildman–Crippen MR) is 52.1 cm³/mol. The van der Waals surface area contributed by atoms with Gasteiger partial charge in [-0.2, -0.15) is 0 Å². The van der Waals surface area contributed by atoms with Gasteiger partial charge in [-0.15, -0.1) is 0 Å². The number of carbonyl (C=O) groups excluding carboxylic acids is 1. The molecular formula is C10H17NO. The minimum atomic E-state index is -0.130. The van der Waals surface area contributed by atoms with E-state index in [0.29, 0.717) is 0 Å². The summed E-state index contributed by atoms with van der Waals surface area (Å²) < 4.78 is 0. The second-order valence-electron chi connectivity index (χ2n) is 2.62. The lowest BCUT2D eigenvalue weighted by Gasteiger charge is -2.08. The Labute approximate surface area is 74.4 Å². The zero-order valence-electron chi connectivity index (χ0n) is 7.51. The van der Waals surface area contributed by atoms with E-state index >= 15 is 0 Å². The van der Waals surface area contributed by atoms with Gasteiger partial charge in [0, 0.05) is 0 Å². The third kappa shape index (κ3) is 7.22. The molecule has 0 atom stereocenters. The fourth-order valence-corrected chi connectivity index (χ4v) is 0.885. The van der Waals surface area contributed by atoms with Gasteiger partial charge < -0.3 is 5.32 Å². The molecule has 68 valence electrons. The summed E-state index contributed by atoms with van der Waals surface area (Å²) in [6.45, 7) is 8.92. The zero-order valence-corrected chi connectivity index (χ0v) is 7.51. The van der Waals surface area contributed by atoms with Crippen molar-refractivity contribution in [2.45, 2.75) is 19.3 Å². The first kappa shape index (κ1) is 11.1. The number of hydrogen-bond donors (Lipinski definition) is 1. The summed E-state index contributed by atoms with van der Waals surface area (Å²) in [6, 6.07) is 0. The minimum Gasteiger partial charge on any atom is -0.317 e. The number of allylic oxidation sites excluding steroid dienone is 2. The van der Waals surface area contributed by atoms with Crippen LogP contribution in [0.25, 0.3) is 0 Å². The molecule has 2 nitrogen and oxygen atoms in total. The van der Waals surface area contributed by atoms with Crippen LogP contribution in [0.5, 0.6) is 0 Å². The quantitative estimate of drug-likeness (QED) is 0.634. The van der Waals surface area contributed by atoms with E-state index in [4.69, 9.17) is 0 Å². The molecule has 0 aromatic carbocycles. The summed E-state index contributed by atoms with van der Waals surface area (Å²) in [4.78, 5) is 9.94. The van der Waals surface area contributed by atoms with E-state index in [2.05, 4.69) is 18.5 Å². The molecule has 12 heavy (non-hydrogen) atoms. The Bertz CT molecular complexity index is 126. The molecule has 1 fully saturated rings. The van der Waals surface area contributed by atoms with Gasteiger partial charge in [0.1, 0.15) is 0 Å². The molecule has 0 aliphatic carbocycles. The summed E-state index contributed by atoms with van der Waals surface area (Å²) in [6.07, 6.45) is 6.65. The molecule has 0 unspecified atom stereocenters. The molecule has 1 aliphatic heterocycles. The van der Waals surface area contributed by atoms with Gasteiger partial charge in [0.05, 0.1) is 0 Å². The second kappa shape index (κ2) is 8.21. The molecule has 0 spiro atoms. The highest BCUT2D eigenvalue weighted by atomic mass is 16.1. The zero-order chi connectivity index (χ0) is 9.23. The molecule has 0 radical (unpaired) electrons. The molecule has 0 saturated carbocycles. The van der Waals surface area contributed by atoms with E-state index in [-0.39, 0.29) is 5.78 Å². The van der Waals surface area contributed by atoms with Crippen LogP contribution in [-0.4, -0.2) is 18.9 Å². The van der Waals surface area contributed by atoms with Crippen molar-refractivity contribution in [3.8, 4) is 0 Å². The Morgan fingerprint density at radius 1 is 1.08 bits per heavy atom. The van der Waals surface area contributed by atoms with Crippen LogP contribution in [0.2, 0.25) is 0 Å². The molecule has 1 heterocycles. The number of ketones is 1. The highest BCUT2D eigenvalue weighted by Crippen LogP contribution is 1.96. The smallest absolute Gasteiger partial charge is 0.177 e. The van der Waals surface area contributed by atoms with Crippen LogP contribution in [0.1, 0.15) is 19.3 Å². The Hall–Kier alpha value is -0.890. The van der Waals surface area contributed by atoms with Crippen LogP contribution in [0, 0.1) is 0 Å². The first-order chi connectivity index (χ1) is 5.81. The Morgan fingerprint density at radius 3 is 1.67 bits per heavy atom. The van der Waals surface area contributed by atoms with Crippen molar-refractivity contribution in [1.82, 2.24) is 5.32 Å². The average molecular weight is 167 g/mol. The number of piperidine rings is 1. The Balaban J connectivity index is 0.000000202. The SMILES string of the molecule is C1CCNCC1.C=CC(=O)C=C. The van der Waals surface area contributed by atoms with Crippen molar-refractivity contribution >= 4 is 5.78 Å². The number of rotatable bonds is 2. The molecule has 1 aliphatic rings. The topological polar surface area (TPSA) is 29.1 Å². The van der Waals surface area contributed by atoms with Gasteiger partial charge in [-0.25, -0.2) is 0 Å². The molecule has 0 aromatic heterocycles. The highest BCUT2D eigenvalue weighted by molar-refractivity contribution is 5.98. The molecule has 0 amide bonds. The van der Waals surface area contributed by atoms with E-state index in [9.17, 15) is 4.79 Å². The van der Waals surface area contributed by atoms with Crippen molar-refractivity contribution in [2.24, 2.45) is 0 Å². The first-order valence-corrected chi connectivity index (χ1v) is 4.31. The van der Waals surface area contributed by atoms with E-state index in [0.717, 1.165) is 0 Å². The van der Waals surface area contributed by atoms with Gasteiger partial charge in [0.25, 0.3) is 0 Å². The molecule has 1 saturated heterocycles. The average Bonchev–Trinajstić information content (AvgIpc) is 2.20. The van der Waals surface area contributed by atoms with Gasteiger partial charge in [0.15, 0.2) is 5.78 Å². The summed E-state index contributed by atoms with van der Waals surface area (Å²) in [7, 11) is 0. The Kier molecular flexibility index (Phi) is 7.60. The summed E-state index contributed by atoms with van der Waals surface area (Å²) in [5, 5.41) is 3.28. The lowest BCUT2D eigenvalue weighted by atomic mass is 10.2. The fraction of sp³-hybridized carbons (Fsp3) is 0.500. The third-order valence-corrected chi connectivity index (χ3v) is 1.61. The maximum absolute atomic E-state index is 9.94. The van der Waals surface area contributed by atoms with Crippen LogP contribution in [-0.2, 0) is 4.79 Å². The lowest BCUT2D eigenvalue weighted by Crippen LogP contribution is -2.21. The van der Waals surface area contributed by atoms with Gasteiger partial charge in [-0.3, -0.25) is 4.79 Å². The van der Waals surface area contributed by atoms with Crippen molar-refractivity contribution in [3.05, 3.63) is 25.3 Å². The van der Waals surface area contributed by atoms with Crippen molar-refractivity contribution in [1.29, 1.82) is 0 Å². The van der Waals surface area contributed by atoms with Crippen LogP contribution < -0.4 is 5.32 Å². The molecular weight excluding hydrogens is 150 g/mol. The predicted octanol–water partition coefficient (Wildman–Crippen LogP) is 1.69. The lowest BCUT2D eigenvalue weighted by molar-refractivity contribution is -0.110. The Morgan fingerprint density at radius 2 is 1.58 bits per heavy atom. The second-order valence-corrected chi connectivity index (χ2v) is 2.62. The van der Waals surface area contributed by atoms with Crippen molar-refractivity contribution < 1.29 is 4.79 Å². The molecule has 1 rings (SSSR count). The third-order valence-electron chi connectivity index (χ3n) is 1.61. The molecule has 0 bridgehead atoms. The van der Waals surface area contributed by atoms with E-state index in [1.54, 1.807) is 0 Å². The standard InChI is InChI=1S/C5H11N.C5H6O/c1-2-4-6-5-3-1;1-3-5(6)4-2/h6H,1-5H2;3-4H,1-2H2. The molecule has 2 heteroatoms. The summed E-state index contributed by atoms with van der Waals surface area (Å²) in [5.74, 6) is -0.130. The monoisotopic (exact) mass is 167 g/mol. The number of hydrogen-bond acceptors (Lipinski definition) is 2. The van der Waals surface area contributed by atoms with Crippen molar-refractivity contribution in [3.63, 3.8) is 0 Å². The van der Waals surface area contributed by atoms with Crippen molar-refractivity contribution in [2.75, 3.05) is 13.1 Å². The first-order valence-electron chi connectivity index (χ1n) is 4.31. The van der Waals surface area contributed by atoms with Crippen LogP contribution in [0.4, 0.5) is 0 Å². The highest BCUT2D eigenvalue weighted by Gasteiger charge is 1.93. The minimum absolute atomic E-state index is 0.130. The van der Waals surface area contributed by atoms with Gasteiger partial charge in [-0.1, -0.05) is 19.6 Å². The maximum Gasteiger partial charge on any atom is 0.177 e. The van der Waals surface area contributed by atoms with E-state index in [1.165, 1.54) is 44.5 Å². The van der Waals surface area contributed by atoms with Gasteiger partial charge in [-0.05, 0) is 38.1 Å². The van der Waals surface area contributed by atoms with Crippen LogP contribution in [0.15, 0.2) is 25.3 Å². The van der Waals surface area contributed by atoms with E-state index < -0.39 is 0 Å². The van der Waals surface area contributed by atoms with Crippen LogP contribution >= 0.6 is 0 Å². The normalized spacial score (nSPS) is 15.3. The number of carbonyl (C=O) groups is 1. The maximum atomic E-state index is 9.94. The van der Waals surface area contributed by atoms with Crippen LogP contribution in [0.3, 0.4) is 0 Å². The van der Waals surface area contributed by atoms with Gasteiger partial charge in [0.2, 0.25) is 0 Å².